The van der Waals surface area contributed by atoms with E-state index < -0.39 is 5.91 Å². The molecule has 1 aliphatic heterocycles. The van der Waals surface area contributed by atoms with Crippen molar-refractivity contribution in [1.29, 1.82) is 0 Å². The monoisotopic (exact) mass is 513 g/mol. The standard InChI is InChI=1S/C25H35N7O5/c1-4-32-19(13-16(3)30-32)24(35)29-25-28-18-14-17(23(27)34)15-20(22(18)31(25)11-7-6-10-26)37-12-8-9-21(33)36-5-2/h6-7,13-16,30H,4-5,8-12,26H2,1-3H3,(H2,27,34)(H,28,29,35)/b7-6+. The first-order valence-electron chi connectivity index (χ1n) is 12.3. The zero-order valence-corrected chi connectivity index (χ0v) is 21.5. The molecule has 0 aliphatic carbocycles. The van der Waals surface area contributed by atoms with E-state index >= 15 is 0 Å². The van der Waals surface area contributed by atoms with E-state index in [4.69, 9.17) is 20.9 Å². The van der Waals surface area contributed by atoms with Gasteiger partial charge in [-0.3, -0.25) is 19.7 Å². The van der Waals surface area contributed by atoms with Crippen LogP contribution in [0.3, 0.4) is 0 Å². The Morgan fingerprint density at radius 3 is 2.70 bits per heavy atom. The molecule has 12 nitrogen and oxygen atoms in total. The molecule has 2 heterocycles. The number of fused-ring (bicyclic) bond motifs is 1. The number of nitrogens with one attached hydrogen (secondary N) is 2. The van der Waals surface area contributed by atoms with E-state index in [1.54, 1.807) is 28.6 Å². The number of hydrogen-bond acceptors (Lipinski definition) is 9. The Morgan fingerprint density at radius 1 is 1.24 bits per heavy atom. The summed E-state index contributed by atoms with van der Waals surface area (Å²) in [4.78, 5) is 41.4. The van der Waals surface area contributed by atoms with E-state index in [0.29, 0.717) is 55.1 Å². The van der Waals surface area contributed by atoms with E-state index in [0.717, 1.165) is 0 Å². The van der Waals surface area contributed by atoms with Gasteiger partial charge in [-0.25, -0.2) is 10.4 Å². The second kappa shape index (κ2) is 12.9. The molecule has 0 spiro atoms. The Kier molecular flexibility index (Phi) is 9.64. The number of benzene rings is 1. The van der Waals surface area contributed by atoms with Crippen molar-refractivity contribution in [2.24, 2.45) is 11.5 Å². The third kappa shape index (κ3) is 6.86. The van der Waals surface area contributed by atoms with E-state index in [-0.39, 0.29) is 42.5 Å². The lowest BCUT2D eigenvalue weighted by Gasteiger charge is -2.20. The molecule has 1 unspecified atom stereocenters. The molecule has 1 atom stereocenters. The number of likely N-dealkylation sites (N-methyl/N-ethyl adjacent to an activating group) is 1. The van der Waals surface area contributed by atoms with Crippen LogP contribution in [0.15, 0.2) is 36.1 Å². The largest absolute Gasteiger partial charge is 0.491 e. The van der Waals surface area contributed by atoms with Gasteiger partial charge in [-0.2, -0.15) is 0 Å². The number of carbonyl (C=O) groups is 3. The van der Waals surface area contributed by atoms with Crippen LogP contribution >= 0.6 is 0 Å². The number of primary amides is 1. The fourth-order valence-corrected chi connectivity index (χ4v) is 3.97. The molecule has 0 fully saturated rings. The first kappa shape index (κ1) is 27.7. The molecule has 1 aliphatic rings. The highest BCUT2D eigenvalue weighted by atomic mass is 16.5. The average molecular weight is 514 g/mol. The molecule has 2 aromatic rings. The Morgan fingerprint density at radius 2 is 2.03 bits per heavy atom. The van der Waals surface area contributed by atoms with Crippen molar-refractivity contribution < 1.29 is 23.9 Å². The van der Waals surface area contributed by atoms with Crippen LogP contribution in [0.1, 0.15) is 44.0 Å². The van der Waals surface area contributed by atoms with Gasteiger partial charge in [0.2, 0.25) is 11.9 Å². The van der Waals surface area contributed by atoms with E-state index in [9.17, 15) is 14.4 Å². The molecule has 1 aromatic carbocycles. The van der Waals surface area contributed by atoms with Crippen molar-refractivity contribution in [3.05, 3.63) is 41.6 Å². The van der Waals surface area contributed by atoms with Crippen LogP contribution in [0, 0.1) is 0 Å². The first-order valence-corrected chi connectivity index (χ1v) is 12.3. The van der Waals surface area contributed by atoms with Crippen LogP contribution in [-0.2, 0) is 20.9 Å². The number of anilines is 1. The molecule has 0 bridgehead atoms. The molecule has 12 heteroatoms. The smallest absolute Gasteiger partial charge is 0.305 e. The summed E-state index contributed by atoms with van der Waals surface area (Å²) < 4.78 is 12.7. The zero-order valence-electron chi connectivity index (χ0n) is 21.5. The fraction of sp³-hybridized carbons (Fsp3) is 0.440. The number of esters is 1. The Bertz CT molecular complexity index is 1200. The van der Waals surface area contributed by atoms with Crippen molar-refractivity contribution in [3.63, 3.8) is 0 Å². The molecule has 3 rings (SSSR count). The third-order valence-electron chi connectivity index (χ3n) is 5.60. The van der Waals surface area contributed by atoms with Gasteiger partial charge in [-0.15, -0.1) is 0 Å². The average Bonchev–Trinajstić information content (AvgIpc) is 3.41. The van der Waals surface area contributed by atoms with Crippen LogP contribution in [0.5, 0.6) is 5.75 Å². The summed E-state index contributed by atoms with van der Waals surface area (Å²) in [6.07, 6.45) is 6.09. The van der Waals surface area contributed by atoms with Gasteiger partial charge in [-0.05, 0) is 45.4 Å². The predicted octanol–water partition coefficient (Wildman–Crippen LogP) is 1.42. The number of hydrazine groups is 1. The summed E-state index contributed by atoms with van der Waals surface area (Å²) in [5.74, 6) is -0.650. The topological polar surface area (TPSA) is 167 Å². The number of nitrogens with zero attached hydrogens (tertiary/aromatic N) is 3. The lowest BCUT2D eigenvalue weighted by atomic mass is 10.1. The summed E-state index contributed by atoms with van der Waals surface area (Å²) in [6.45, 7) is 7.43. The maximum absolute atomic E-state index is 13.2. The van der Waals surface area contributed by atoms with Crippen LogP contribution in [0.2, 0.25) is 0 Å². The summed E-state index contributed by atoms with van der Waals surface area (Å²) in [6, 6.07) is 3.11. The van der Waals surface area contributed by atoms with Crippen molar-refractivity contribution in [3.8, 4) is 5.75 Å². The van der Waals surface area contributed by atoms with Crippen molar-refractivity contribution in [2.45, 2.75) is 46.2 Å². The minimum atomic E-state index is -0.642. The van der Waals surface area contributed by atoms with Gasteiger partial charge in [0.1, 0.15) is 17.0 Å². The van der Waals surface area contributed by atoms with E-state index in [1.807, 2.05) is 26.0 Å². The Hall–Kier alpha value is -3.90. The molecule has 2 amide bonds. The van der Waals surface area contributed by atoms with Gasteiger partial charge in [0.25, 0.3) is 5.91 Å². The number of imidazole rings is 1. The number of carbonyl (C=O) groups excluding carboxylic acids is 3. The van der Waals surface area contributed by atoms with Crippen molar-refractivity contribution in [2.75, 3.05) is 31.6 Å². The number of aromatic nitrogens is 2. The molecule has 0 saturated heterocycles. The third-order valence-corrected chi connectivity index (χ3v) is 5.60. The van der Waals surface area contributed by atoms with Crippen molar-refractivity contribution >= 4 is 34.8 Å². The molecular weight excluding hydrogens is 478 g/mol. The Balaban J connectivity index is 1.98. The number of ether oxygens (including phenoxy) is 2. The SMILES string of the molecule is CCOC(=O)CCCOc1cc(C(N)=O)cc2nc(NC(=O)C3=CC(C)NN3CC)n(C/C=C/CN)c12. The maximum Gasteiger partial charge on any atom is 0.305 e. The molecule has 37 heavy (non-hydrogen) atoms. The molecule has 6 N–H and O–H groups in total. The first-order chi connectivity index (χ1) is 17.8. The summed E-state index contributed by atoms with van der Waals surface area (Å²) in [5, 5.41) is 4.66. The normalized spacial score (nSPS) is 15.3. The van der Waals surface area contributed by atoms with Crippen LogP contribution in [0.25, 0.3) is 11.0 Å². The van der Waals surface area contributed by atoms with E-state index in [2.05, 4.69) is 15.7 Å². The molecule has 0 radical (unpaired) electrons. The molecule has 0 saturated carbocycles. The van der Waals surface area contributed by atoms with Gasteiger partial charge >= 0.3 is 5.97 Å². The van der Waals surface area contributed by atoms with E-state index in [1.165, 1.54) is 6.07 Å². The number of amides is 2. The molecule has 200 valence electrons. The minimum absolute atomic E-state index is 0.0136. The van der Waals surface area contributed by atoms with Gasteiger partial charge < -0.3 is 30.5 Å². The Labute approximate surface area is 215 Å². The van der Waals surface area contributed by atoms with Crippen LogP contribution < -0.4 is 26.9 Å². The fourth-order valence-electron chi connectivity index (χ4n) is 3.97. The van der Waals surface area contributed by atoms with Gasteiger partial charge in [0, 0.05) is 37.7 Å². The summed E-state index contributed by atoms with van der Waals surface area (Å²) >= 11 is 0. The summed E-state index contributed by atoms with van der Waals surface area (Å²) in [5.41, 5.74) is 16.1. The summed E-state index contributed by atoms with van der Waals surface area (Å²) in [7, 11) is 0. The molecular formula is C25H35N7O5. The minimum Gasteiger partial charge on any atom is -0.491 e. The lowest BCUT2D eigenvalue weighted by Crippen LogP contribution is -2.38. The highest BCUT2D eigenvalue weighted by Gasteiger charge is 2.26. The zero-order chi connectivity index (χ0) is 26.9. The maximum atomic E-state index is 13.2. The highest BCUT2D eigenvalue weighted by molar-refractivity contribution is 6.04. The van der Waals surface area contributed by atoms with Crippen molar-refractivity contribution in [1.82, 2.24) is 20.0 Å². The van der Waals surface area contributed by atoms with Crippen LogP contribution in [0.4, 0.5) is 5.95 Å². The quantitative estimate of drug-likeness (QED) is 0.176. The van der Waals surface area contributed by atoms with Gasteiger partial charge in [0.05, 0.1) is 18.7 Å². The lowest BCUT2D eigenvalue weighted by molar-refractivity contribution is -0.143. The molecule has 1 aromatic heterocycles. The second-order valence-corrected chi connectivity index (χ2v) is 8.38. The van der Waals surface area contributed by atoms with Crippen LogP contribution in [-0.4, -0.2) is 64.7 Å². The van der Waals surface area contributed by atoms with Gasteiger partial charge in [-0.1, -0.05) is 12.2 Å². The second-order valence-electron chi connectivity index (χ2n) is 8.38. The highest BCUT2D eigenvalue weighted by Crippen LogP contribution is 2.31. The number of hydrogen-bond donors (Lipinski definition) is 4. The number of allylic oxidation sites excluding steroid dienone is 1. The van der Waals surface area contributed by atoms with Gasteiger partial charge in [0.15, 0.2) is 0 Å². The number of nitrogens with two attached hydrogens (primary N) is 2. The predicted molar refractivity (Wildman–Crippen MR) is 139 cm³/mol. The number of rotatable bonds is 13.